The van der Waals surface area contributed by atoms with Gasteiger partial charge < -0.3 is 10.6 Å². The minimum absolute atomic E-state index is 0.499. The van der Waals surface area contributed by atoms with Crippen molar-refractivity contribution in [2.45, 2.75) is 19.0 Å². The van der Waals surface area contributed by atoms with Gasteiger partial charge in [0.15, 0.2) is 5.82 Å². The van der Waals surface area contributed by atoms with Crippen LogP contribution in [0.2, 0.25) is 0 Å². The number of hydrogen-bond acceptors (Lipinski definition) is 6. The number of rotatable bonds is 3. The molecule has 2 rings (SSSR count). The molecule has 0 spiro atoms. The third-order valence-electron chi connectivity index (χ3n) is 2.30. The molecule has 0 radical (unpaired) electrons. The van der Waals surface area contributed by atoms with Gasteiger partial charge in [0.05, 0.1) is 0 Å². The molecule has 0 saturated heterocycles. The highest BCUT2D eigenvalue weighted by atomic mass is 32.2. The van der Waals surface area contributed by atoms with Crippen molar-refractivity contribution in [3.05, 3.63) is 5.69 Å². The van der Waals surface area contributed by atoms with Gasteiger partial charge in [0, 0.05) is 19.1 Å². The van der Waals surface area contributed by atoms with E-state index < -0.39 is 0 Å². The number of anilines is 1. The van der Waals surface area contributed by atoms with E-state index >= 15 is 0 Å². The molecule has 0 aromatic carbocycles. The second-order valence-corrected chi connectivity index (χ2v) is 4.29. The summed E-state index contributed by atoms with van der Waals surface area (Å²) >= 11 is 1.87. The molecule has 78 valence electrons. The number of hydrogen-bond donors (Lipinski definition) is 2. The average Bonchev–Trinajstić information content (AvgIpc) is 2.57. The maximum absolute atomic E-state index is 4.63. The number of aromatic nitrogens is 2. The average molecular weight is 214 g/mol. The lowest BCUT2D eigenvalue weighted by molar-refractivity contribution is 0.301. The van der Waals surface area contributed by atoms with Crippen LogP contribution in [0.15, 0.2) is 4.63 Å². The molecule has 0 aliphatic carbocycles. The Labute approximate surface area is 87.0 Å². The highest BCUT2D eigenvalue weighted by molar-refractivity contribution is 7.98. The maximum Gasteiger partial charge on any atom is 0.195 e. The zero-order valence-corrected chi connectivity index (χ0v) is 8.93. The molecule has 0 unspecified atom stereocenters. The molecule has 5 nitrogen and oxygen atoms in total. The summed E-state index contributed by atoms with van der Waals surface area (Å²) in [4.78, 5) is 0. The van der Waals surface area contributed by atoms with Gasteiger partial charge in [-0.05, 0) is 23.6 Å². The molecule has 0 amide bonds. The van der Waals surface area contributed by atoms with E-state index in [0.29, 0.717) is 6.04 Å². The van der Waals surface area contributed by atoms with Crippen molar-refractivity contribution in [1.82, 2.24) is 15.6 Å². The molecule has 0 saturated carbocycles. The predicted octanol–water partition coefficient (Wildman–Crippen LogP) is 0.706. The summed E-state index contributed by atoms with van der Waals surface area (Å²) in [5.74, 6) is 1.96. The molecule has 1 aliphatic heterocycles. The van der Waals surface area contributed by atoms with E-state index in [2.05, 4.69) is 31.8 Å². The van der Waals surface area contributed by atoms with Crippen LogP contribution in [-0.2, 0) is 6.54 Å². The van der Waals surface area contributed by atoms with Crippen molar-refractivity contribution in [1.29, 1.82) is 0 Å². The molecule has 1 atom stereocenters. The van der Waals surface area contributed by atoms with Crippen LogP contribution in [0.3, 0.4) is 0 Å². The molecule has 14 heavy (non-hydrogen) atoms. The van der Waals surface area contributed by atoms with Gasteiger partial charge in [0.25, 0.3) is 0 Å². The lowest BCUT2D eigenvalue weighted by Gasteiger charge is -2.14. The van der Waals surface area contributed by atoms with E-state index in [0.717, 1.165) is 31.0 Å². The second kappa shape index (κ2) is 4.65. The molecule has 1 aromatic heterocycles. The summed E-state index contributed by atoms with van der Waals surface area (Å²) in [5.41, 5.74) is 0.872. The first-order chi connectivity index (χ1) is 6.90. The number of fused-ring (bicyclic) bond motifs is 1. The quantitative estimate of drug-likeness (QED) is 0.772. The van der Waals surface area contributed by atoms with Gasteiger partial charge in [-0.25, -0.2) is 4.63 Å². The van der Waals surface area contributed by atoms with E-state index in [1.54, 1.807) is 0 Å². The van der Waals surface area contributed by atoms with E-state index in [1.807, 2.05) is 11.8 Å². The van der Waals surface area contributed by atoms with Crippen molar-refractivity contribution < 1.29 is 4.63 Å². The number of nitrogens with zero attached hydrogens (tertiary/aromatic N) is 2. The minimum Gasteiger partial charge on any atom is -0.364 e. The van der Waals surface area contributed by atoms with Crippen LogP contribution in [0.25, 0.3) is 0 Å². The van der Waals surface area contributed by atoms with Crippen LogP contribution in [0.1, 0.15) is 12.1 Å². The Balaban J connectivity index is 1.89. The predicted molar refractivity (Wildman–Crippen MR) is 56.4 cm³/mol. The van der Waals surface area contributed by atoms with Crippen LogP contribution in [-0.4, -0.2) is 34.9 Å². The van der Waals surface area contributed by atoms with Crippen molar-refractivity contribution >= 4 is 17.6 Å². The highest BCUT2D eigenvalue weighted by Gasteiger charge is 2.18. The molecule has 2 heterocycles. The fraction of sp³-hybridized carbons (Fsp3) is 0.750. The normalized spacial score (nSPS) is 21.1. The van der Waals surface area contributed by atoms with Crippen molar-refractivity contribution in [2.24, 2.45) is 0 Å². The number of nitrogens with one attached hydrogen (secondary N) is 2. The molecule has 0 bridgehead atoms. The van der Waals surface area contributed by atoms with Crippen molar-refractivity contribution in [2.75, 3.05) is 23.9 Å². The Hall–Kier alpha value is -0.750. The SMILES string of the molecule is CSCC[C@H]1CNc2nonc2CN1. The monoisotopic (exact) mass is 214 g/mol. The van der Waals surface area contributed by atoms with Crippen molar-refractivity contribution in [3.63, 3.8) is 0 Å². The van der Waals surface area contributed by atoms with Crippen molar-refractivity contribution in [3.8, 4) is 0 Å². The summed E-state index contributed by atoms with van der Waals surface area (Å²) < 4.78 is 4.63. The molecule has 2 N–H and O–H groups in total. The van der Waals surface area contributed by atoms with Crippen LogP contribution in [0.5, 0.6) is 0 Å². The third-order valence-corrected chi connectivity index (χ3v) is 2.94. The van der Waals surface area contributed by atoms with Crippen LogP contribution in [0, 0.1) is 0 Å². The maximum atomic E-state index is 4.63. The zero-order valence-electron chi connectivity index (χ0n) is 8.12. The lowest BCUT2D eigenvalue weighted by Crippen LogP contribution is -2.33. The molecule has 1 aliphatic rings. The Morgan fingerprint density at radius 3 is 3.36 bits per heavy atom. The Kier molecular flexibility index (Phi) is 3.26. The Bertz CT molecular complexity index is 268. The lowest BCUT2D eigenvalue weighted by atomic mass is 10.2. The summed E-state index contributed by atoms with van der Waals surface area (Å²) in [6.07, 6.45) is 3.29. The summed E-state index contributed by atoms with van der Waals surface area (Å²) in [6, 6.07) is 0.499. The Morgan fingerprint density at radius 2 is 2.50 bits per heavy atom. The first-order valence-corrected chi connectivity index (χ1v) is 6.07. The smallest absolute Gasteiger partial charge is 0.195 e. The molecular formula is C8H14N4OS. The van der Waals surface area contributed by atoms with Gasteiger partial charge in [0.2, 0.25) is 0 Å². The van der Waals surface area contributed by atoms with Gasteiger partial charge >= 0.3 is 0 Å². The topological polar surface area (TPSA) is 63.0 Å². The van der Waals surface area contributed by atoms with E-state index in [9.17, 15) is 0 Å². The zero-order chi connectivity index (χ0) is 9.80. The van der Waals surface area contributed by atoms with Crippen LogP contribution >= 0.6 is 11.8 Å². The fourth-order valence-corrected chi connectivity index (χ4v) is 1.97. The largest absolute Gasteiger partial charge is 0.364 e. The summed E-state index contributed by atoms with van der Waals surface area (Å²) in [7, 11) is 0. The van der Waals surface area contributed by atoms with E-state index in [1.165, 1.54) is 5.75 Å². The van der Waals surface area contributed by atoms with E-state index in [-0.39, 0.29) is 0 Å². The second-order valence-electron chi connectivity index (χ2n) is 3.30. The minimum atomic E-state index is 0.499. The number of thioether (sulfide) groups is 1. The Morgan fingerprint density at radius 1 is 1.57 bits per heavy atom. The van der Waals surface area contributed by atoms with Gasteiger partial charge in [-0.15, -0.1) is 0 Å². The standard InChI is InChI=1S/C8H14N4OS/c1-14-3-2-6-4-10-8-7(5-9-6)11-13-12-8/h6,9H,2-5H2,1H3,(H,10,12)/t6-/m0/s1. The molecule has 6 heteroatoms. The first-order valence-electron chi connectivity index (χ1n) is 4.68. The van der Waals surface area contributed by atoms with Crippen LogP contribution < -0.4 is 10.6 Å². The van der Waals surface area contributed by atoms with Crippen LogP contribution in [0.4, 0.5) is 5.82 Å². The first kappa shape index (κ1) is 9.79. The van der Waals surface area contributed by atoms with Gasteiger partial charge in [-0.3, -0.25) is 0 Å². The van der Waals surface area contributed by atoms with Gasteiger partial charge in [-0.2, -0.15) is 11.8 Å². The molecule has 1 aromatic rings. The molecule has 0 fully saturated rings. The van der Waals surface area contributed by atoms with E-state index in [4.69, 9.17) is 0 Å². The van der Waals surface area contributed by atoms with Gasteiger partial charge in [-0.1, -0.05) is 5.16 Å². The molecular weight excluding hydrogens is 200 g/mol. The van der Waals surface area contributed by atoms with Gasteiger partial charge in [0.1, 0.15) is 5.69 Å². The third kappa shape index (κ3) is 2.19. The fourth-order valence-electron chi connectivity index (χ4n) is 1.45. The highest BCUT2D eigenvalue weighted by Crippen LogP contribution is 2.13. The summed E-state index contributed by atoms with van der Waals surface area (Å²) in [6.45, 7) is 1.63. The summed E-state index contributed by atoms with van der Waals surface area (Å²) in [5, 5.41) is 14.2.